The first-order valence-electron chi connectivity index (χ1n) is 5.33. The molecule has 0 saturated carbocycles. The van der Waals surface area contributed by atoms with Crippen LogP contribution >= 0.6 is 0 Å². The SMILES string of the molecule is CN1CCCC1.NC(=O)Nc1cccnc1. The molecule has 0 atom stereocenters. The van der Waals surface area contributed by atoms with Crippen LogP contribution in [0.5, 0.6) is 0 Å². The average Bonchev–Trinajstić information content (AvgIpc) is 2.71. The first-order chi connectivity index (χ1) is 7.68. The van der Waals surface area contributed by atoms with Crippen molar-refractivity contribution < 1.29 is 4.79 Å². The summed E-state index contributed by atoms with van der Waals surface area (Å²) in [4.78, 5) is 16.4. The Morgan fingerprint density at radius 3 is 2.56 bits per heavy atom. The lowest BCUT2D eigenvalue weighted by Crippen LogP contribution is -2.19. The number of carbonyl (C=O) groups is 1. The minimum Gasteiger partial charge on any atom is -0.351 e. The highest BCUT2D eigenvalue weighted by molar-refractivity contribution is 5.87. The zero-order chi connectivity index (χ0) is 11.8. The summed E-state index contributed by atoms with van der Waals surface area (Å²) >= 11 is 0. The van der Waals surface area contributed by atoms with Gasteiger partial charge in [-0.15, -0.1) is 0 Å². The standard InChI is InChI=1S/C6H7N3O.C5H11N/c7-6(10)9-5-2-1-3-8-4-5;1-6-4-2-3-5-6/h1-4H,(H3,7,9,10);2-5H2,1H3. The van der Waals surface area contributed by atoms with Crippen molar-refractivity contribution in [3.8, 4) is 0 Å². The summed E-state index contributed by atoms with van der Waals surface area (Å²) in [7, 11) is 2.17. The van der Waals surface area contributed by atoms with Crippen LogP contribution < -0.4 is 11.1 Å². The van der Waals surface area contributed by atoms with E-state index in [1.165, 1.54) is 32.1 Å². The lowest BCUT2D eigenvalue weighted by atomic mass is 10.4. The van der Waals surface area contributed by atoms with Gasteiger partial charge in [0.25, 0.3) is 0 Å². The maximum Gasteiger partial charge on any atom is 0.316 e. The number of nitrogens with one attached hydrogen (secondary N) is 1. The monoisotopic (exact) mass is 222 g/mol. The number of carbonyl (C=O) groups excluding carboxylic acids is 1. The van der Waals surface area contributed by atoms with Gasteiger partial charge in [0.05, 0.1) is 11.9 Å². The molecule has 0 radical (unpaired) electrons. The van der Waals surface area contributed by atoms with Gasteiger partial charge in [0.15, 0.2) is 0 Å². The molecule has 0 aromatic carbocycles. The zero-order valence-electron chi connectivity index (χ0n) is 9.52. The third-order valence-corrected chi connectivity index (χ3v) is 2.26. The molecule has 3 N–H and O–H groups in total. The van der Waals surface area contributed by atoms with Gasteiger partial charge in [0.2, 0.25) is 0 Å². The topological polar surface area (TPSA) is 71.2 Å². The number of urea groups is 1. The zero-order valence-corrected chi connectivity index (χ0v) is 9.52. The van der Waals surface area contributed by atoms with Crippen molar-refractivity contribution in [3.63, 3.8) is 0 Å². The highest BCUT2D eigenvalue weighted by Gasteiger charge is 2.03. The minimum atomic E-state index is -0.576. The van der Waals surface area contributed by atoms with E-state index >= 15 is 0 Å². The Morgan fingerprint density at radius 2 is 2.19 bits per heavy atom. The number of rotatable bonds is 1. The van der Waals surface area contributed by atoms with Gasteiger partial charge >= 0.3 is 6.03 Å². The van der Waals surface area contributed by atoms with E-state index in [0.717, 1.165) is 0 Å². The molecule has 2 amide bonds. The fourth-order valence-electron chi connectivity index (χ4n) is 1.45. The maximum atomic E-state index is 10.3. The summed E-state index contributed by atoms with van der Waals surface area (Å²) < 4.78 is 0. The second-order valence-electron chi connectivity index (χ2n) is 3.74. The van der Waals surface area contributed by atoms with Gasteiger partial charge in [0, 0.05) is 6.20 Å². The number of aromatic nitrogens is 1. The van der Waals surface area contributed by atoms with Gasteiger partial charge in [-0.2, -0.15) is 0 Å². The summed E-state index contributed by atoms with van der Waals surface area (Å²) in [5, 5.41) is 2.38. The highest BCUT2D eigenvalue weighted by Crippen LogP contribution is 2.02. The number of nitrogens with zero attached hydrogens (tertiary/aromatic N) is 2. The molecule has 0 spiro atoms. The predicted octanol–water partition coefficient (Wildman–Crippen LogP) is 1.28. The van der Waals surface area contributed by atoms with Gasteiger partial charge in [-0.25, -0.2) is 4.79 Å². The Balaban J connectivity index is 0.000000181. The van der Waals surface area contributed by atoms with E-state index in [2.05, 4.69) is 22.2 Å². The van der Waals surface area contributed by atoms with Crippen LogP contribution in [0.3, 0.4) is 0 Å². The molecule has 16 heavy (non-hydrogen) atoms. The van der Waals surface area contributed by atoms with E-state index in [1.54, 1.807) is 18.3 Å². The smallest absolute Gasteiger partial charge is 0.316 e. The molecule has 0 unspecified atom stereocenters. The number of hydrogen-bond acceptors (Lipinski definition) is 3. The Morgan fingerprint density at radius 1 is 1.50 bits per heavy atom. The molecular weight excluding hydrogens is 204 g/mol. The molecular formula is C11H18N4O. The molecule has 2 rings (SSSR count). The fourth-order valence-corrected chi connectivity index (χ4v) is 1.45. The van der Waals surface area contributed by atoms with E-state index < -0.39 is 6.03 Å². The van der Waals surface area contributed by atoms with Gasteiger partial charge in [-0.3, -0.25) is 4.98 Å². The van der Waals surface area contributed by atoms with Gasteiger partial charge in [-0.05, 0) is 45.1 Å². The van der Waals surface area contributed by atoms with Crippen molar-refractivity contribution in [1.82, 2.24) is 9.88 Å². The predicted molar refractivity (Wildman–Crippen MR) is 64.2 cm³/mol. The third-order valence-electron chi connectivity index (χ3n) is 2.26. The van der Waals surface area contributed by atoms with Crippen LogP contribution in [0.25, 0.3) is 0 Å². The molecule has 1 fully saturated rings. The first kappa shape index (κ1) is 12.4. The molecule has 1 aromatic heterocycles. The summed E-state index contributed by atoms with van der Waals surface area (Å²) in [5.41, 5.74) is 5.45. The maximum absolute atomic E-state index is 10.3. The van der Waals surface area contributed by atoms with Crippen LogP contribution in [0.15, 0.2) is 24.5 Å². The molecule has 0 bridgehead atoms. The van der Waals surface area contributed by atoms with E-state index in [1.807, 2.05) is 0 Å². The number of pyridine rings is 1. The van der Waals surface area contributed by atoms with Crippen molar-refractivity contribution in [1.29, 1.82) is 0 Å². The number of amides is 2. The molecule has 1 aromatic rings. The molecule has 0 aliphatic carbocycles. The lowest BCUT2D eigenvalue weighted by molar-refractivity contribution is 0.259. The molecule has 1 aliphatic rings. The molecule has 88 valence electrons. The number of anilines is 1. The van der Waals surface area contributed by atoms with Crippen LogP contribution in [0.1, 0.15) is 12.8 Å². The Hall–Kier alpha value is -1.62. The third kappa shape index (κ3) is 5.31. The van der Waals surface area contributed by atoms with Crippen LogP contribution in [-0.4, -0.2) is 36.1 Å². The Kier molecular flexibility index (Phi) is 5.28. The fraction of sp³-hybridized carbons (Fsp3) is 0.455. The van der Waals surface area contributed by atoms with Crippen molar-refractivity contribution >= 4 is 11.7 Å². The van der Waals surface area contributed by atoms with Crippen molar-refractivity contribution in [3.05, 3.63) is 24.5 Å². The number of primary amides is 1. The van der Waals surface area contributed by atoms with E-state index in [4.69, 9.17) is 5.73 Å². The number of likely N-dealkylation sites (tertiary alicyclic amines) is 1. The summed E-state index contributed by atoms with van der Waals surface area (Å²) in [5.74, 6) is 0. The minimum absolute atomic E-state index is 0.576. The number of hydrogen-bond donors (Lipinski definition) is 2. The Bertz CT molecular complexity index is 309. The Labute approximate surface area is 95.7 Å². The van der Waals surface area contributed by atoms with E-state index in [9.17, 15) is 4.79 Å². The molecule has 5 nitrogen and oxygen atoms in total. The summed E-state index contributed by atoms with van der Waals surface area (Å²) in [6.07, 6.45) is 5.96. The van der Waals surface area contributed by atoms with E-state index in [-0.39, 0.29) is 0 Å². The number of nitrogens with two attached hydrogens (primary N) is 1. The van der Waals surface area contributed by atoms with Gasteiger partial charge < -0.3 is 16.0 Å². The lowest BCUT2D eigenvalue weighted by Gasteiger charge is -2.01. The van der Waals surface area contributed by atoms with Crippen LogP contribution in [0, 0.1) is 0 Å². The first-order valence-corrected chi connectivity index (χ1v) is 5.33. The average molecular weight is 222 g/mol. The molecule has 1 aliphatic heterocycles. The quantitative estimate of drug-likeness (QED) is 0.752. The van der Waals surface area contributed by atoms with Gasteiger partial charge in [-0.1, -0.05) is 0 Å². The molecule has 1 saturated heterocycles. The van der Waals surface area contributed by atoms with Crippen molar-refractivity contribution in [2.45, 2.75) is 12.8 Å². The van der Waals surface area contributed by atoms with Crippen LogP contribution in [0.4, 0.5) is 10.5 Å². The van der Waals surface area contributed by atoms with Crippen LogP contribution in [-0.2, 0) is 0 Å². The van der Waals surface area contributed by atoms with E-state index in [0.29, 0.717) is 5.69 Å². The molecule has 5 heteroatoms. The van der Waals surface area contributed by atoms with Crippen molar-refractivity contribution in [2.75, 3.05) is 25.5 Å². The summed E-state index contributed by atoms with van der Waals surface area (Å²) in [6, 6.07) is 2.84. The largest absolute Gasteiger partial charge is 0.351 e. The molecule has 2 heterocycles. The van der Waals surface area contributed by atoms with Crippen molar-refractivity contribution in [2.24, 2.45) is 5.73 Å². The van der Waals surface area contributed by atoms with Crippen LogP contribution in [0.2, 0.25) is 0 Å². The second kappa shape index (κ2) is 6.79. The normalized spacial score (nSPS) is 15.1. The summed E-state index contributed by atoms with van der Waals surface area (Å²) in [6.45, 7) is 2.64. The second-order valence-corrected chi connectivity index (χ2v) is 3.74. The highest BCUT2D eigenvalue weighted by atomic mass is 16.2. The van der Waals surface area contributed by atoms with Gasteiger partial charge in [0.1, 0.15) is 0 Å².